The van der Waals surface area contributed by atoms with Gasteiger partial charge in [-0.05, 0) is 35.7 Å². The summed E-state index contributed by atoms with van der Waals surface area (Å²) in [6.07, 6.45) is 0.130. The number of benzene rings is 2. The van der Waals surface area contributed by atoms with Crippen LogP contribution in [0, 0.1) is 5.41 Å². The Morgan fingerprint density at radius 1 is 1.18 bits per heavy atom. The molecule has 0 saturated carbocycles. The Morgan fingerprint density at radius 2 is 1.91 bits per heavy atom. The zero-order valence-electron chi connectivity index (χ0n) is 18.3. The number of para-hydroxylation sites is 1. The highest BCUT2D eigenvalue weighted by Gasteiger charge is 2.30. The van der Waals surface area contributed by atoms with Crippen molar-refractivity contribution in [1.82, 2.24) is 0 Å². The minimum absolute atomic E-state index is 0.0524. The van der Waals surface area contributed by atoms with Crippen molar-refractivity contribution in [3.63, 3.8) is 0 Å². The first kappa shape index (κ1) is 24.5. The number of methoxy groups -OCH3 is 1. The first-order valence-corrected chi connectivity index (χ1v) is 11.8. The van der Waals surface area contributed by atoms with Crippen molar-refractivity contribution < 1.29 is 27.5 Å². The van der Waals surface area contributed by atoms with E-state index in [1.807, 2.05) is 0 Å². The molecule has 176 valence electrons. The largest absolute Gasteiger partial charge is 0.495 e. The molecular formula is C22H24ClN3O6S. The standard InChI is InChI=1S/C22H24ClN3O6S/c1-22(2,11-19-24-15-6-4-5-7-18(15)33(29,30)26-19)12-21(28)32-13-20(27)25-16-10-14(23)8-9-17(16)31-3/h4-10H,11-13H2,1-3H3,(H,24,26)(H,25,27). The number of halogens is 1. The van der Waals surface area contributed by atoms with Gasteiger partial charge in [0.15, 0.2) is 6.61 Å². The number of carbonyl (C=O) groups is 2. The second-order valence-corrected chi connectivity index (χ2v) is 10.2. The number of amides is 1. The van der Waals surface area contributed by atoms with Crippen LogP contribution in [0.4, 0.5) is 11.4 Å². The van der Waals surface area contributed by atoms with Crippen LogP contribution in [-0.2, 0) is 24.3 Å². The monoisotopic (exact) mass is 493 g/mol. The van der Waals surface area contributed by atoms with Gasteiger partial charge in [0.1, 0.15) is 16.5 Å². The predicted octanol–water partition coefficient (Wildman–Crippen LogP) is 3.85. The maximum Gasteiger partial charge on any atom is 0.306 e. The summed E-state index contributed by atoms with van der Waals surface area (Å²) in [6, 6.07) is 11.2. The molecular weight excluding hydrogens is 470 g/mol. The second kappa shape index (κ2) is 9.80. The molecule has 1 aliphatic rings. The summed E-state index contributed by atoms with van der Waals surface area (Å²) in [4.78, 5) is 24.6. The third-order valence-corrected chi connectivity index (χ3v) is 6.35. The van der Waals surface area contributed by atoms with Gasteiger partial charge in [0, 0.05) is 11.4 Å². The van der Waals surface area contributed by atoms with Crippen LogP contribution in [0.25, 0.3) is 0 Å². The Morgan fingerprint density at radius 3 is 2.64 bits per heavy atom. The molecule has 0 saturated heterocycles. The number of fused-ring (bicyclic) bond motifs is 1. The fourth-order valence-electron chi connectivity index (χ4n) is 3.31. The van der Waals surface area contributed by atoms with Crippen LogP contribution >= 0.6 is 11.6 Å². The molecule has 1 heterocycles. The number of rotatable bonds is 8. The molecule has 3 rings (SSSR count). The molecule has 0 fully saturated rings. The molecule has 0 unspecified atom stereocenters. The van der Waals surface area contributed by atoms with Crippen LogP contribution in [0.5, 0.6) is 5.75 Å². The third kappa shape index (κ3) is 6.45. The van der Waals surface area contributed by atoms with Crippen molar-refractivity contribution in [2.45, 2.75) is 31.6 Å². The molecule has 0 radical (unpaired) electrons. The van der Waals surface area contributed by atoms with Crippen molar-refractivity contribution in [2.75, 3.05) is 24.4 Å². The summed E-state index contributed by atoms with van der Waals surface area (Å²) in [5, 5.41) is 6.00. The Bertz CT molecular complexity index is 1210. The van der Waals surface area contributed by atoms with Gasteiger partial charge < -0.3 is 20.1 Å². The number of nitrogens with one attached hydrogen (secondary N) is 2. The van der Waals surface area contributed by atoms with E-state index in [9.17, 15) is 18.0 Å². The zero-order valence-corrected chi connectivity index (χ0v) is 19.9. The van der Waals surface area contributed by atoms with Crippen molar-refractivity contribution in [2.24, 2.45) is 9.81 Å². The molecule has 1 amide bonds. The highest BCUT2D eigenvalue weighted by molar-refractivity contribution is 7.90. The molecule has 0 aromatic heterocycles. The molecule has 11 heteroatoms. The molecule has 33 heavy (non-hydrogen) atoms. The number of hydrogen-bond donors (Lipinski definition) is 2. The molecule has 2 aromatic carbocycles. The minimum Gasteiger partial charge on any atom is -0.495 e. The lowest BCUT2D eigenvalue weighted by Crippen LogP contribution is -2.30. The number of carbonyl (C=O) groups excluding carboxylic acids is 2. The van der Waals surface area contributed by atoms with Crippen LogP contribution in [0.3, 0.4) is 0 Å². The summed E-state index contributed by atoms with van der Waals surface area (Å²) in [5.41, 5.74) is 0.112. The summed E-state index contributed by atoms with van der Waals surface area (Å²) in [7, 11) is -2.36. The highest BCUT2D eigenvalue weighted by Crippen LogP contribution is 2.32. The summed E-state index contributed by atoms with van der Waals surface area (Å²) in [6.45, 7) is 3.07. The molecule has 0 aliphatic carbocycles. The van der Waals surface area contributed by atoms with Gasteiger partial charge in [0.05, 0.1) is 24.9 Å². The Balaban J connectivity index is 1.55. The lowest BCUT2D eigenvalue weighted by atomic mass is 9.85. The number of esters is 1. The van der Waals surface area contributed by atoms with Crippen LogP contribution in [0.1, 0.15) is 26.7 Å². The molecule has 9 nitrogen and oxygen atoms in total. The Kier molecular flexibility index (Phi) is 7.28. The average Bonchev–Trinajstić information content (AvgIpc) is 2.71. The van der Waals surface area contributed by atoms with E-state index in [1.54, 1.807) is 44.2 Å². The molecule has 1 aliphatic heterocycles. The number of hydrogen-bond acceptors (Lipinski definition) is 7. The van der Waals surface area contributed by atoms with E-state index in [0.717, 1.165) is 0 Å². The quantitative estimate of drug-likeness (QED) is 0.535. The van der Waals surface area contributed by atoms with Crippen LogP contribution in [-0.4, -0.2) is 39.8 Å². The second-order valence-electron chi connectivity index (χ2n) is 8.21. The maximum absolute atomic E-state index is 12.4. The van der Waals surface area contributed by atoms with Crippen molar-refractivity contribution in [1.29, 1.82) is 0 Å². The van der Waals surface area contributed by atoms with Gasteiger partial charge >= 0.3 is 5.97 Å². The van der Waals surface area contributed by atoms with Crippen LogP contribution in [0.2, 0.25) is 5.02 Å². The maximum atomic E-state index is 12.4. The summed E-state index contributed by atoms with van der Waals surface area (Å²) >= 11 is 5.94. The molecule has 2 N–H and O–H groups in total. The molecule has 0 spiro atoms. The molecule has 2 aromatic rings. The molecule has 0 atom stereocenters. The van der Waals surface area contributed by atoms with Gasteiger partial charge in [0.25, 0.3) is 15.9 Å². The van der Waals surface area contributed by atoms with Crippen molar-refractivity contribution in [3.05, 3.63) is 47.5 Å². The van der Waals surface area contributed by atoms with E-state index < -0.39 is 33.9 Å². The smallest absolute Gasteiger partial charge is 0.306 e. The van der Waals surface area contributed by atoms with Gasteiger partial charge in [-0.25, -0.2) is 0 Å². The van der Waals surface area contributed by atoms with E-state index in [4.69, 9.17) is 21.1 Å². The fourth-order valence-corrected chi connectivity index (χ4v) is 4.63. The number of anilines is 2. The first-order valence-electron chi connectivity index (χ1n) is 9.98. The van der Waals surface area contributed by atoms with E-state index in [2.05, 4.69) is 15.0 Å². The van der Waals surface area contributed by atoms with Gasteiger partial charge in [-0.3, -0.25) is 9.59 Å². The fraction of sp³-hybridized carbons (Fsp3) is 0.318. The normalized spacial score (nSPS) is 14.4. The van der Waals surface area contributed by atoms with Gasteiger partial charge in [-0.2, -0.15) is 8.42 Å². The SMILES string of the molecule is COc1ccc(Cl)cc1NC(=O)COC(=O)CC(C)(C)CC1=NS(=O)(=O)c2ccccc2N1. The Hall–Kier alpha value is -3.11. The lowest BCUT2D eigenvalue weighted by Gasteiger charge is -2.26. The molecule has 0 bridgehead atoms. The van der Waals surface area contributed by atoms with Crippen LogP contribution in [0.15, 0.2) is 51.8 Å². The van der Waals surface area contributed by atoms with E-state index in [1.165, 1.54) is 19.2 Å². The highest BCUT2D eigenvalue weighted by atomic mass is 35.5. The van der Waals surface area contributed by atoms with Crippen molar-refractivity contribution >= 4 is 50.7 Å². The Labute approximate surface area is 197 Å². The van der Waals surface area contributed by atoms with Gasteiger partial charge in [-0.15, -0.1) is 4.40 Å². The predicted molar refractivity (Wildman–Crippen MR) is 125 cm³/mol. The minimum atomic E-state index is -3.82. The van der Waals surface area contributed by atoms with E-state index in [0.29, 0.717) is 22.1 Å². The number of sulfonamides is 1. The summed E-state index contributed by atoms with van der Waals surface area (Å²) < 4.78 is 38.9. The zero-order chi connectivity index (χ0) is 24.2. The van der Waals surface area contributed by atoms with Crippen LogP contribution < -0.4 is 15.4 Å². The number of amidine groups is 1. The van der Waals surface area contributed by atoms with E-state index in [-0.39, 0.29) is 23.6 Å². The first-order chi connectivity index (χ1) is 15.5. The summed E-state index contributed by atoms with van der Waals surface area (Å²) in [5.74, 6) is -0.509. The van der Waals surface area contributed by atoms with Gasteiger partial charge in [-0.1, -0.05) is 37.6 Å². The van der Waals surface area contributed by atoms with E-state index >= 15 is 0 Å². The van der Waals surface area contributed by atoms with Gasteiger partial charge in [0.2, 0.25) is 0 Å². The average molecular weight is 494 g/mol. The lowest BCUT2D eigenvalue weighted by molar-refractivity contribution is -0.149. The van der Waals surface area contributed by atoms with Crippen molar-refractivity contribution in [3.8, 4) is 5.75 Å². The topological polar surface area (TPSA) is 123 Å². The number of nitrogens with zero attached hydrogens (tertiary/aromatic N) is 1. The third-order valence-electron chi connectivity index (χ3n) is 4.74. The number of ether oxygens (including phenoxy) is 2.